The first-order chi connectivity index (χ1) is 10.2. The summed E-state index contributed by atoms with van der Waals surface area (Å²) in [7, 11) is 0. The van der Waals surface area contributed by atoms with E-state index < -0.39 is 0 Å². The lowest BCUT2D eigenvalue weighted by Crippen LogP contribution is -2.39. The van der Waals surface area contributed by atoms with Gasteiger partial charge in [-0.2, -0.15) is 0 Å². The van der Waals surface area contributed by atoms with Crippen LogP contribution in [0.4, 0.5) is 10.1 Å². The van der Waals surface area contributed by atoms with Crippen LogP contribution in [0, 0.1) is 5.82 Å². The zero-order valence-corrected chi connectivity index (χ0v) is 11.6. The van der Waals surface area contributed by atoms with Crippen molar-refractivity contribution >= 4 is 11.6 Å². The summed E-state index contributed by atoms with van der Waals surface area (Å²) in [5, 5.41) is 6.08. The van der Waals surface area contributed by atoms with Gasteiger partial charge in [0.1, 0.15) is 11.9 Å². The predicted molar refractivity (Wildman–Crippen MR) is 80.7 cm³/mol. The van der Waals surface area contributed by atoms with Gasteiger partial charge in [0, 0.05) is 18.7 Å². The van der Waals surface area contributed by atoms with Crippen LogP contribution >= 0.6 is 0 Å². The van der Waals surface area contributed by atoms with Crippen LogP contribution in [0.15, 0.2) is 48.5 Å². The van der Waals surface area contributed by atoms with Crippen LogP contribution in [0.3, 0.4) is 0 Å². The molecule has 1 unspecified atom stereocenters. The average molecular weight is 284 g/mol. The number of nitrogens with one attached hydrogen (secondary N) is 2. The minimum Gasteiger partial charge on any atom is -0.373 e. The van der Waals surface area contributed by atoms with Crippen LogP contribution in [0.1, 0.15) is 11.1 Å². The molecule has 0 spiro atoms. The van der Waals surface area contributed by atoms with Crippen LogP contribution in [0.25, 0.3) is 0 Å². The van der Waals surface area contributed by atoms with Crippen molar-refractivity contribution in [3.8, 4) is 0 Å². The Kier molecular flexibility index (Phi) is 3.86. The minimum atomic E-state index is -0.233. The fourth-order valence-electron chi connectivity index (χ4n) is 2.60. The molecular formula is C17H17FN2O. The van der Waals surface area contributed by atoms with Crippen molar-refractivity contribution in [1.29, 1.82) is 0 Å². The lowest BCUT2D eigenvalue weighted by atomic mass is 10.1. The molecule has 0 aromatic heterocycles. The number of anilines is 1. The molecule has 1 amide bonds. The van der Waals surface area contributed by atoms with Crippen molar-refractivity contribution in [2.45, 2.75) is 18.9 Å². The molecule has 21 heavy (non-hydrogen) atoms. The third-order valence-corrected chi connectivity index (χ3v) is 3.74. The van der Waals surface area contributed by atoms with E-state index in [2.05, 4.69) is 10.6 Å². The van der Waals surface area contributed by atoms with Gasteiger partial charge in [-0.3, -0.25) is 4.79 Å². The normalized spacial score (nSPS) is 16.1. The van der Waals surface area contributed by atoms with Crippen molar-refractivity contribution in [1.82, 2.24) is 5.32 Å². The number of fused-ring (bicyclic) bond motifs is 1. The number of para-hydroxylation sites is 1. The number of rotatable bonds is 4. The molecule has 1 aliphatic heterocycles. The van der Waals surface area contributed by atoms with E-state index in [1.165, 1.54) is 6.07 Å². The highest BCUT2D eigenvalue weighted by Gasteiger charge is 2.25. The summed E-state index contributed by atoms with van der Waals surface area (Å²) < 4.78 is 13.5. The largest absolute Gasteiger partial charge is 0.373 e. The van der Waals surface area contributed by atoms with Crippen molar-refractivity contribution < 1.29 is 9.18 Å². The lowest BCUT2D eigenvalue weighted by molar-refractivity contribution is -0.121. The topological polar surface area (TPSA) is 41.1 Å². The van der Waals surface area contributed by atoms with E-state index in [0.717, 1.165) is 11.3 Å². The number of amides is 1. The summed E-state index contributed by atoms with van der Waals surface area (Å²) >= 11 is 0. The minimum absolute atomic E-state index is 0.0393. The number of carbonyl (C=O) groups is 1. The monoisotopic (exact) mass is 284 g/mol. The van der Waals surface area contributed by atoms with Crippen molar-refractivity contribution in [3.05, 3.63) is 65.5 Å². The van der Waals surface area contributed by atoms with Crippen LogP contribution in [0.2, 0.25) is 0 Å². The van der Waals surface area contributed by atoms with Crippen LogP contribution in [0.5, 0.6) is 0 Å². The number of halogens is 1. The Hall–Kier alpha value is -2.36. The second-order valence-electron chi connectivity index (χ2n) is 5.19. The van der Waals surface area contributed by atoms with E-state index >= 15 is 0 Å². The van der Waals surface area contributed by atoms with E-state index in [4.69, 9.17) is 0 Å². The second-order valence-corrected chi connectivity index (χ2v) is 5.19. The van der Waals surface area contributed by atoms with Gasteiger partial charge in [-0.25, -0.2) is 4.39 Å². The van der Waals surface area contributed by atoms with Gasteiger partial charge in [-0.05, 0) is 29.7 Å². The highest BCUT2D eigenvalue weighted by Crippen LogP contribution is 2.24. The molecule has 0 fully saturated rings. The van der Waals surface area contributed by atoms with Gasteiger partial charge < -0.3 is 10.6 Å². The standard InChI is InChI=1S/C17H17FN2O/c18-14-7-3-1-5-12(14)9-10-19-17(21)16-11-13-6-2-4-8-15(13)20-16/h1-8,16,20H,9-11H2,(H,19,21). The van der Waals surface area contributed by atoms with Gasteiger partial charge in [0.2, 0.25) is 5.91 Å². The van der Waals surface area contributed by atoms with Crippen LogP contribution < -0.4 is 10.6 Å². The summed E-state index contributed by atoms with van der Waals surface area (Å²) in [5.41, 5.74) is 2.80. The van der Waals surface area contributed by atoms with Gasteiger partial charge in [0.25, 0.3) is 0 Å². The van der Waals surface area contributed by atoms with Gasteiger partial charge >= 0.3 is 0 Å². The molecule has 0 saturated carbocycles. The quantitative estimate of drug-likeness (QED) is 0.906. The molecule has 4 heteroatoms. The zero-order valence-electron chi connectivity index (χ0n) is 11.6. The van der Waals surface area contributed by atoms with E-state index in [9.17, 15) is 9.18 Å². The number of hydrogen-bond acceptors (Lipinski definition) is 2. The first kappa shape index (κ1) is 13.6. The maximum absolute atomic E-state index is 13.5. The Morgan fingerprint density at radius 1 is 1.19 bits per heavy atom. The molecule has 0 saturated heterocycles. The molecule has 0 radical (unpaired) electrons. The molecule has 1 heterocycles. The van der Waals surface area contributed by atoms with Gasteiger partial charge in [-0.15, -0.1) is 0 Å². The van der Waals surface area contributed by atoms with E-state index in [1.54, 1.807) is 18.2 Å². The van der Waals surface area contributed by atoms with Crippen LogP contribution in [-0.4, -0.2) is 18.5 Å². The Morgan fingerprint density at radius 3 is 2.76 bits per heavy atom. The molecule has 2 N–H and O–H groups in total. The molecule has 108 valence electrons. The smallest absolute Gasteiger partial charge is 0.242 e. The van der Waals surface area contributed by atoms with Crippen LogP contribution in [-0.2, 0) is 17.6 Å². The van der Waals surface area contributed by atoms with E-state index in [-0.39, 0.29) is 17.8 Å². The molecule has 1 aliphatic rings. The fourth-order valence-corrected chi connectivity index (χ4v) is 2.60. The Labute approximate surface area is 123 Å². The number of carbonyl (C=O) groups excluding carboxylic acids is 1. The summed E-state index contributed by atoms with van der Waals surface area (Å²) in [6, 6.07) is 14.3. The van der Waals surface area contributed by atoms with Crippen molar-refractivity contribution in [3.63, 3.8) is 0 Å². The fraction of sp³-hybridized carbons (Fsp3) is 0.235. The molecule has 2 aromatic carbocycles. The number of hydrogen-bond donors (Lipinski definition) is 2. The lowest BCUT2D eigenvalue weighted by Gasteiger charge is -2.12. The summed E-state index contributed by atoms with van der Waals surface area (Å²) in [4.78, 5) is 12.1. The Balaban J connectivity index is 1.51. The first-order valence-electron chi connectivity index (χ1n) is 7.09. The molecule has 3 nitrogen and oxygen atoms in total. The van der Waals surface area contributed by atoms with Gasteiger partial charge in [-0.1, -0.05) is 36.4 Å². The van der Waals surface area contributed by atoms with E-state index in [1.807, 2.05) is 24.3 Å². The predicted octanol–water partition coefficient (Wildman–Crippen LogP) is 2.52. The maximum atomic E-state index is 13.5. The van der Waals surface area contributed by atoms with E-state index in [0.29, 0.717) is 24.9 Å². The van der Waals surface area contributed by atoms with Gasteiger partial charge in [0.05, 0.1) is 0 Å². The highest BCUT2D eigenvalue weighted by molar-refractivity contribution is 5.87. The average Bonchev–Trinajstić information content (AvgIpc) is 2.93. The maximum Gasteiger partial charge on any atom is 0.242 e. The summed E-state index contributed by atoms with van der Waals surface area (Å²) in [6.45, 7) is 0.439. The van der Waals surface area contributed by atoms with Gasteiger partial charge in [0.15, 0.2) is 0 Å². The summed E-state index contributed by atoms with van der Waals surface area (Å²) in [5.74, 6) is -0.263. The third kappa shape index (κ3) is 3.05. The zero-order chi connectivity index (χ0) is 14.7. The molecule has 0 aliphatic carbocycles. The first-order valence-corrected chi connectivity index (χ1v) is 7.09. The third-order valence-electron chi connectivity index (χ3n) is 3.74. The highest BCUT2D eigenvalue weighted by atomic mass is 19.1. The van der Waals surface area contributed by atoms with Crippen molar-refractivity contribution in [2.24, 2.45) is 0 Å². The summed E-state index contributed by atoms with van der Waals surface area (Å²) in [6.07, 6.45) is 1.19. The number of benzene rings is 2. The SMILES string of the molecule is O=C(NCCc1ccccc1F)C1Cc2ccccc2N1. The van der Waals surface area contributed by atoms with Crippen molar-refractivity contribution in [2.75, 3.05) is 11.9 Å². The molecular weight excluding hydrogens is 267 g/mol. The molecule has 1 atom stereocenters. The Morgan fingerprint density at radius 2 is 1.95 bits per heavy atom. The molecule has 0 bridgehead atoms. The Bertz CT molecular complexity index is 632. The second kappa shape index (κ2) is 5.95. The molecule has 2 aromatic rings. The molecule has 3 rings (SSSR count).